The maximum Gasteiger partial charge on any atom is 0.304 e. The highest BCUT2D eigenvalue weighted by Crippen LogP contribution is 2.44. The third-order valence-electron chi connectivity index (χ3n) is 7.85. The minimum absolute atomic E-state index is 0.0142. The van der Waals surface area contributed by atoms with Gasteiger partial charge in [0.1, 0.15) is 0 Å². The number of carbonyl (C=O) groups is 2. The normalized spacial score (nSPS) is 22.0. The lowest BCUT2D eigenvalue weighted by Gasteiger charge is -2.45. The lowest BCUT2D eigenvalue weighted by atomic mass is 9.67. The third-order valence-corrected chi connectivity index (χ3v) is 9.83. The van der Waals surface area contributed by atoms with E-state index in [0.29, 0.717) is 27.6 Å². The maximum absolute atomic E-state index is 13.4. The van der Waals surface area contributed by atoms with Crippen molar-refractivity contribution >= 4 is 45.1 Å². The van der Waals surface area contributed by atoms with Gasteiger partial charge < -0.3 is 10.4 Å². The first kappa shape index (κ1) is 31.5. The second-order valence-corrected chi connectivity index (χ2v) is 13.7. The van der Waals surface area contributed by atoms with Gasteiger partial charge in [-0.05, 0) is 78.4 Å². The molecule has 1 heterocycles. The van der Waals surface area contributed by atoms with E-state index in [4.69, 9.17) is 28.5 Å². The van der Waals surface area contributed by atoms with Gasteiger partial charge in [0.2, 0.25) is 15.9 Å². The quantitative estimate of drug-likeness (QED) is 0.250. The Morgan fingerprint density at radius 3 is 2.38 bits per heavy atom. The summed E-state index contributed by atoms with van der Waals surface area (Å²) in [5.74, 6) is -1.97. The Hall–Kier alpha value is -3.42. The molecule has 0 saturated carbocycles. The van der Waals surface area contributed by atoms with Gasteiger partial charge in [0, 0.05) is 28.0 Å². The second-order valence-electron chi connectivity index (χ2n) is 11.1. The van der Waals surface area contributed by atoms with Gasteiger partial charge in [-0.15, -0.1) is 0 Å². The first-order valence-corrected chi connectivity index (χ1v) is 15.6. The number of carboxylic acids is 1. The average Bonchev–Trinajstić information content (AvgIpc) is 2.94. The van der Waals surface area contributed by atoms with Crippen LogP contribution in [-0.2, 0) is 19.6 Å². The molecular weight excluding hydrogens is 597 g/mol. The zero-order valence-corrected chi connectivity index (χ0v) is 25.4. The van der Waals surface area contributed by atoms with Crippen molar-refractivity contribution in [3.63, 3.8) is 0 Å². The number of carboxylic acid groups (broad SMARTS) is 1. The second kappa shape index (κ2) is 12.8. The van der Waals surface area contributed by atoms with E-state index in [1.54, 1.807) is 37.3 Å². The van der Waals surface area contributed by atoms with Crippen LogP contribution in [0, 0.1) is 22.7 Å². The molecule has 42 heavy (non-hydrogen) atoms. The molecular formula is C31H31Cl2N3O5S. The number of hydrogen-bond acceptors (Lipinski definition) is 5. The van der Waals surface area contributed by atoms with Crippen molar-refractivity contribution in [2.24, 2.45) is 11.3 Å². The van der Waals surface area contributed by atoms with Crippen LogP contribution in [-0.4, -0.2) is 31.4 Å². The van der Waals surface area contributed by atoms with Gasteiger partial charge in [0.05, 0.1) is 28.4 Å². The largest absolute Gasteiger partial charge is 0.481 e. The number of nitrogens with zero attached hydrogens (tertiary/aromatic N) is 1. The standard InChI is InChI=1S/C31H31Cl2N3O5S/c1-19(29-26(22-4-3-5-24(33)15-22)16-31(2,17-28(37)38)30(39)35-29)14-27(21-8-10-23(32)11-9-21)36-42(40,41)25-12-6-20(18-34)7-13-25/h3-13,15,19,26-27,29,36H,14,16-17H2,1-2H3,(H,35,39)(H,37,38)/t19?,26-,27+,29+,31+/m1/s1. The van der Waals surface area contributed by atoms with Crippen LogP contribution < -0.4 is 10.0 Å². The van der Waals surface area contributed by atoms with Crippen LogP contribution >= 0.6 is 23.2 Å². The molecule has 3 aromatic carbocycles. The van der Waals surface area contributed by atoms with Crippen LogP contribution in [0.25, 0.3) is 0 Å². The van der Waals surface area contributed by atoms with E-state index in [0.717, 1.165) is 5.56 Å². The zero-order valence-electron chi connectivity index (χ0n) is 23.1. The highest BCUT2D eigenvalue weighted by Gasteiger charge is 2.47. The molecule has 0 aliphatic carbocycles. The molecule has 0 spiro atoms. The van der Waals surface area contributed by atoms with E-state index >= 15 is 0 Å². The monoisotopic (exact) mass is 627 g/mol. The Morgan fingerprint density at radius 2 is 1.79 bits per heavy atom. The molecule has 1 unspecified atom stereocenters. The highest BCUT2D eigenvalue weighted by molar-refractivity contribution is 7.89. The molecule has 0 bridgehead atoms. The summed E-state index contributed by atoms with van der Waals surface area (Å²) in [5, 5.41) is 22.7. The fraction of sp³-hybridized carbons (Fsp3) is 0.323. The van der Waals surface area contributed by atoms with Crippen LogP contribution in [0.5, 0.6) is 0 Å². The minimum atomic E-state index is -4.00. The molecule has 1 fully saturated rings. The Morgan fingerprint density at radius 1 is 1.12 bits per heavy atom. The molecule has 1 aliphatic rings. The number of sulfonamides is 1. The van der Waals surface area contributed by atoms with E-state index in [9.17, 15) is 23.1 Å². The number of rotatable bonds is 10. The molecule has 220 valence electrons. The van der Waals surface area contributed by atoms with Crippen LogP contribution in [0.1, 0.15) is 61.8 Å². The number of nitrogens with one attached hydrogen (secondary N) is 2. The van der Waals surface area contributed by atoms with Gasteiger partial charge in [0.15, 0.2) is 0 Å². The van der Waals surface area contributed by atoms with Gasteiger partial charge in [0.25, 0.3) is 0 Å². The Labute approximate surface area is 255 Å². The van der Waals surface area contributed by atoms with E-state index in [2.05, 4.69) is 10.0 Å². The minimum Gasteiger partial charge on any atom is -0.481 e. The molecule has 4 rings (SSSR count). The lowest BCUT2D eigenvalue weighted by molar-refractivity contribution is -0.147. The lowest BCUT2D eigenvalue weighted by Crippen LogP contribution is -2.56. The molecule has 3 aromatic rings. The van der Waals surface area contributed by atoms with Crippen LogP contribution in [0.2, 0.25) is 10.0 Å². The fourth-order valence-electron chi connectivity index (χ4n) is 5.65. The topological polar surface area (TPSA) is 136 Å². The number of aliphatic carboxylic acids is 1. The van der Waals surface area contributed by atoms with Crippen molar-refractivity contribution in [3.05, 3.63) is 99.5 Å². The zero-order chi connectivity index (χ0) is 30.7. The third kappa shape index (κ3) is 7.31. The molecule has 1 aliphatic heterocycles. The highest BCUT2D eigenvalue weighted by atomic mass is 35.5. The van der Waals surface area contributed by atoms with Gasteiger partial charge in [-0.1, -0.05) is 61.3 Å². The summed E-state index contributed by atoms with van der Waals surface area (Å²) in [7, 11) is -4.00. The molecule has 0 radical (unpaired) electrons. The number of amides is 1. The summed E-state index contributed by atoms with van der Waals surface area (Å²) in [6, 6.07) is 20.6. The first-order valence-electron chi connectivity index (χ1n) is 13.4. The van der Waals surface area contributed by atoms with Crippen molar-refractivity contribution < 1.29 is 23.1 Å². The predicted molar refractivity (Wildman–Crippen MR) is 161 cm³/mol. The first-order chi connectivity index (χ1) is 19.8. The molecule has 8 nitrogen and oxygen atoms in total. The maximum atomic E-state index is 13.4. The Balaban J connectivity index is 1.68. The number of halogens is 2. The van der Waals surface area contributed by atoms with Gasteiger partial charge in [-0.3, -0.25) is 9.59 Å². The van der Waals surface area contributed by atoms with Gasteiger partial charge >= 0.3 is 5.97 Å². The molecule has 5 atom stereocenters. The summed E-state index contributed by atoms with van der Waals surface area (Å²) in [6.45, 7) is 3.58. The summed E-state index contributed by atoms with van der Waals surface area (Å²) in [5.41, 5.74) is 0.742. The van der Waals surface area contributed by atoms with Crippen molar-refractivity contribution in [1.29, 1.82) is 5.26 Å². The average molecular weight is 629 g/mol. The van der Waals surface area contributed by atoms with Crippen molar-refractivity contribution in [3.8, 4) is 6.07 Å². The number of carbonyl (C=O) groups excluding carboxylic acids is 1. The molecule has 11 heteroatoms. The number of hydrogen-bond donors (Lipinski definition) is 3. The van der Waals surface area contributed by atoms with E-state index in [1.807, 2.05) is 31.2 Å². The van der Waals surface area contributed by atoms with E-state index in [-0.39, 0.29) is 35.5 Å². The summed E-state index contributed by atoms with van der Waals surface area (Å²) < 4.78 is 29.7. The van der Waals surface area contributed by atoms with Crippen LogP contribution in [0.3, 0.4) is 0 Å². The Bertz CT molecular complexity index is 1610. The van der Waals surface area contributed by atoms with Crippen molar-refractivity contribution in [2.75, 3.05) is 0 Å². The van der Waals surface area contributed by atoms with E-state index in [1.165, 1.54) is 24.3 Å². The van der Waals surface area contributed by atoms with Gasteiger partial charge in [-0.25, -0.2) is 13.1 Å². The Kier molecular flexibility index (Phi) is 9.63. The summed E-state index contributed by atoms with van der Waals surface area (Å²) in [4.78, 5) is 25.0. The molecule has 3 N–H and O–H groups in total. The fourth-order valence-corrected chi connectivity index (χ4v) is 7.21. The summed E-state index contributed by atoms with van der Waals surface area (Å²) >= 11 is 12.4. The smallest absolute Gasteiger partial charge is 0.304 e. The molecule has 1 saturated heterocycles. The van der Waals surface area contributed by atoms with Crippen molar-refractivity contribution in [2.45, 2.75) is 56.0 Å². The summed E-state index contributed by atoms with van der Waals surface area (Å²) in [6.07, 6.45) is 0.257. The number of benzene rings is 3. The van der Waals surface area contributed by atoms with Crippen LogP contribution in [0.15, 0.2) is 77.7 Å². The SMILES string of the molecule is CC(C[C@H](NS(=O)(=O)c1ccc(C#N)cc1)c1ccc(Cl)cc1)[C@@H]1NC(=O)[C@](C)(CC(=O)O)C[C@@H]1c1cccc(Cl)c1. The molecule has 1 amide bonds. The number of nitriles is 1. The van der Waals surface area contributed by atoms with Crippen molar-refractivity contribution in [1.82, 2.24) is 10.0 Å². The number of piperidine rings is 1. The van der Waals surface area contributed by atoms with E-state index < -0.39 is 33.5 Å². The van der Waals surface area contributed by atoms with Crippen LogP contribution in [0.4, 0.5) is 0 Å². The van der Waals surface area contributed by atoms with Gasteiger partial charge in [-0.2, -0.15) is 5.26 Å². The molecule has 0 aromatic heterocycles. The predicted octanol–water partition coefficient (Wildman–Crippen LogP) is 6.06.